The highest BCUT2D eigenvalue weighted by Crippen LogP contribution is 2.34. The smallest absolute Gasteiger partial charge is 0.339 e. The number of hydrogen-bond donors (Lipinski definition) is 1. The van der Waals surface area contributed by atoms with Crippen molar-refractivity contribution in [3.63, 3.8) is 0 Å². The molecular formula is C14H10F2O3. The number of halogens is 2. The molecule has 19 heavy (non-hydrogen) atoms. The fourth-order valence-electron chi connectivity index (χ4n) is 1.84. The molecule has 2 aromatic carbocycles. The van der Waals surface area contributed by atoms with Crippen molar-refractivity contribution >= 4 is 5.97 Å². The Kier molecular flexibility index (Phi) is 3.46. The molecule has 0 aliphatic rings. The molecule has 98 valence electrons. The van der Waals surface area contributed by atoms with E-state index in [4.69, 9.17) is 9.84 Å². The van der Waals surface area contributed by atoms with Gasteiger partial charge in [0, 0.05) is 11.1 Å². The van der Waals surface area contributed by atoms with E-state index in [9.17, 15) is 13.6 Å². The maximum atomic E-state index is 13.7. The number of ether oxygens (including phenoxy) is 1. The van der Waals surface area contributed by atoms with Crippen LogP contribution in [0.25, 0.3) is 11.1 Å². The van der Waals surface area contributed by atoms with E-state index in [0.717, 1.165) is 18.2 Å². The number of carboxylic acids is 1. The van der Waals surface area contributed by atoms with Gasteiger partial charge in [-0.25, -0.2) is 13.6 Å². The van der Waals surface area contributed by atoms with Crippen LogP contribution in [0, 0.1) is 11.6 Å². The number of hydrogen-bond acceptors (Lipinski definition) is 2. The molecule has 0 radical (unpaired) electrons. The Morgan fingerprint density at radius 2 is 1.89 bits per heavy atom. The molecule has 1 N–H and O–H groups in total. The number of para-hydroxylation sites is 1. The Morgan fingerprint density at radius 3 is 2.53 bits per heavy atom. The molecule has 0 unspecified atom stereocenters. The van der Waals surface area contributed by atoms with Gasteiger partial charge in [-0.15, -0.1) is 0 Å². The minimum atomic E-state index is -1.20. The van der Waals surface area contributed by atoms with Crippen molar-refractivity contribution in [3.05, 3.63) is 53.6 Å². The van der Waals surface area contributed by atoms with Crippen LogP contribution in [0.15, 0.2) is 36.4 Å². The molecule has 0 aliphatic carbocycles. The molecule has 3 nitrogen and oxygen atoms in total. The van der Waals surface area contributed by atoms with Crippen LogP contribution in [0.2, 0.25) is 0 Å². The maximum Gasteiger partial charge on any atom is 0.339 e. The Bertz CT molecular complexity index is 639. The summed E-state index contributed by atoms with van der Waals surface area (Å²) < 4.78 is 32.0. The Labute approximate surface area is 108 Å². The number of carboxylic acid groups (broad SMARTS) is 1. The summed E-state index contributed by atoms with van der Waals surface area (Å²) in [4.78, 5) is 11.1. The quantitative estimate of drug-likeness (QED) is 0.924. The van der Waals surface area contributed by atoms with Gasteiger partial charge in [0.1, 0.15) is 22.9 Å². The molecule has 0 aromatic heterocycles. The van der Waals surface area contributed by atoms with Gasteiger partial charge in [-0.1, -0.05) is 12.1 Å². The topological polar surface area (TPSA) is 46.5 Å². The third-order valence-electron chi connectivity index (χ3n) is 2.67. The highest BCUT2D eigenvalue weighted by atomic mass is 19.1. The van der Waals surface area contributed by atoms with Crippen LogP contribution in [0.4, 0.5) is 8.78 Å². The summed E-state index contributed by atoms with van der Waals surface area (Å²) >= 11 is 0. The fourth-order valence-corrected chi connectivity index (χ4v) is 1.84. The zero-order chi connectivity index (χ0) is 14.0. The van der Waals surface area contributed by atoms with Gasteiger partial charge in [0.2, 0.25) is 0 Å². The summed E-state index contributed by atoms with van der Waals surface area (Å²) in [5.74, 6) is -2.46. The van der Waals surface area contributed by atoms with Gasteiger partial charge >= 0.3 is 5.97 Å². The van der Waals surface area contributed by atoms with E-state index in [1.165, 1.54) is 25.3 Å². The lowest BCUT2D eigenvalue weighted by Crippen LogP contribution is -2.02. The molecule has 0 amide bonds. The van der Waals surface area contributed by atoms with Crippen LogP contribution in [0.3, 0.4) is 0 Å². The first-order valence-corrected chi connectivity index (χ1v) is 5.40. The van der Waals surface area contributed by atoms with E-state index in [1.54, 1.807) is 0 Å². The van der Waals surface area contributed by atoms with Crippen LogP contribution in [0.5, 0.6) is 5.75 Å². The zero-order valence-electron chi connectivity index (χ0n) is 9.98. The lowest BCUT2D eigenvalue weighted by atomic mass is 10.0. The Hall–Kier alpha value is -2.43. The monoisotopic (exact) mass is 264 g/mol. The predicted octanol–water partition coefficient (Wildman–Crippen LogP) is 3.34. The second-order valence-electron chi connectivity index (χ2n) is 3.82. The molecular weight excluding hydrogens is 254 g/mol. The van der Waals surface area contributed by atoms with Crippen LogP contribution < -0.4 is 4.74 Å². The summed E-state index contributed by atoms with van der Waals surface area (Å²) in [6.45, 7) is 0. The second kappa shape index (κ2) is 5.06. The zero-order valence-corrected chi connectivity index (χ0v) is 9.98. The van der Waals surface area contributed by atoms with Gasteiger partial charge in [0.15, 0.2) is 0 Å². The number of aromatic carboxylic acids is 1. The average molecular weight is 264 g/mol. The van der Waals surface area contributed by atoms with Crippen molar-refractivity contribution < 1.29 is 23.4 Å². The molecule has 0 heterocycles. The normalized spacial score (nSPS) is 10.3. The third kappa shape index (κ3) is 2.40. The van der Waals surface area contributed by atoms with Crippen molar-refractivity contribution in [3.8, 4) is 16.9 Å². The minimum Gasteiger partial charge on any atom is -0.495 e. The van der Waals surface area contributed by atoms with Gasteiger partial charge in [-0.2, -0.15) is 0 Å². The maximum absolute atomic E-state index is 13.7. The van der Waals surface area contributed by atoms with E-state index in [1.807, 2.05) is 0 Å². The molecule has 0 saturated heterocycles. The summed E-state index contributed by atoms with van der Waals surface area (Å²) in [6, 6.07) is 7.24. The molecule has 0 saturated carbocycles. The van der Waals surface area contributed by atoms with E-state index < -0.39 is 17.6 Å². The molecule has 2 aromatic rings. The Balaban J connectivity index is 2.72. The lowest BCUT2D eigenvalue weighted by Gasteiger charge is -2.12. The van der Waals surface area contributed by atoms with Gasteiger partial charge in [0.25, 0.3) is 0 Å². The fraction of sp³-hybridized carbons (Fsp3) is 0.0714. The molecule has 0 spiro atoms. The summed E-state index contributed by atoms with van der Waals surface area (Å²) in [6.07, 6.45) is 0. The van der Waals surface area contributed by atoms with Crippen LogP contribution >= 0.6 is 0 Å². The highest BCUT2D eigenvalue weighted by molar-refractivity contribution is 5.94. The second-order valence-corrected chi connectivity index (χ2v) is 3.82. The van der Waals surface area contributed by atoms with E-state index in [-0.39, 0.29) is 22.4 Å². The molecule has 0 aliphatic heterocycles. The minimum absolute atomic E-state index is 0.000463. The van der Waals surface area contributed by atoms with Crippen LogP contribution in [-0.2, 0) is 0 Å². The van der Waals surface area contributed by atoms with Crippen LogP contribution in [0.1, 0.15) is 10.4 Å². The van der Waals surface area contributed by atoms with E-state index >= 15 is 0 Å². The van der Waals surface area contributed by atoms with Gasteiger partial charge in [-0.05, 0) is 24.3 Å². The third-order valence-corrected chi connectivity index (χ3v) is 2.67. The number of carbonyl (C=O) groups is 1. The van der Waals surface area contributed by atoms with Crippen molar-refractivity contribution in [2.75, 3.05) is 7.11 Å². The predicted molar refractivity (Wildman–Crippen MR) is 65.3 cm³/mol. The largest absolute Gasteiger partial charge is 0.495 e. The summed E-state index contributed by atoms with van der Waals surface area (Å²) in [5, 5.41) is 9.04. The molecule has 0 bridgehead atoms. The lowest BCUT2D eigenvalue weighted by molar-refractivity contribution is 0.0693. The van der Waals surface area contributed by atoms with Gasteiger partial charge in [-0.3, -0.25) is 0 Å². The van der Waals surface area contributed by atoms with E-state index in [2.05, 4.69) is 0 Å². The first kappa shape index (κ1) is 13.0. The van der Waals surface area contributed by atoms with Gasteiger partial charge in [0.05, 0.1) is 7.11 Å². The van der Waals surface area contributed by atoms with Gasteiger partial charge < -0.3 is 9.84 Å². The summed E-state index contributed by atoms with van der Waals surface area (Å²) in [5.41, 5.74) is 0.0445. The van der Waals surface area contributed by atoms with Crippen molar-refractivity contribution in [2.45, 2.75) is 0 Å². The number of rotatable bonds is 3. The average Bonchev–Trinajstić information content (AvgIpc) is 2.40. The number of benzene rings is 2. The van der Waals surface area contributed by atoms with Crippen molar-refractivity contribution in [2.24, 2.45) is 0 Å². The SMILES string of the molecule is COc1c(C(=O)O)cccc1-c1cc(F)ccc1F. The van der Waals surface area contributed by atoms with Crippen molar-refractivity contribution in [1.82, 2.24) is 0 Å². The Morgan fingerprint density at radius 1 is 1.16 bits per heavy atom. The molecule has 5 heteroatoms. The van der Waals surface area contributed by atoms with Crippen LogP contribution in [-0.4, -0.2) is 18.2 Å². The molecule has 2 rings (SSSR count). The van der Waals surface area contributed by atoms with E-state index in [0.29, 0.717) is 0 Å². The summed E-state index contributed by atoms with van der Waals surface area (Å²) in [7, 11) is 1.28. The first-order valence-electron chi connectivity index (χ1n) is 5.40. The molecule has 0 atom stereocenters. The first-order chi connectivity index (χ1) is 9.04. The molecule has 0 fully saturated rings. The van der Waals surface area contributed by atoms with Crippen molar-refractivity contribution in [1.29, 1.82) is 0 Å². The standard InChI is InChI=1S/C14H10F2O3/c1-19-13-9(3-2-4-10(13)14(17)18)11-7-8(15)5-6-12(11)16/h2-7H,1H3,(H,17,18). The highest BCUT2D eigenvalue weighted by Gasteiger charge is 2.18. The number of methoxy groups -OCH3 is 1.